The number of hydrogen-bond donors (Lipinski definition) is 3. The molecule has 7 heavy (non-hydrogen) atoms. The van der Waals surface area contributed by atoms with Gasteiger partial charge in [0.05, 0.1) is 0 Å². The van der Waals surface area contributed by atoms with Gasteiger partial charge in [0.15, 0.2) is 0 Å². The van der Waals surface area contributed by atoms with Gasteiger partial charge in [0.1, 0.15) is 0 Å². The van der Waals surface area contributed by atoms with Crippen molar-refractivity contribution in [2.45, 2.75) is 13.8 Å². The van der Waals surface area contributed by atoms with Crippen LogP contribution in [0.15, 0.2) is 0 Å². The normalized spacial score (nSPS) is 5.14. The summed E-state index contributed by atoms with van der Waals surface area (Å²) >= 11 is 0. The molecule has 0 aliphatic rings. The second kappa shape index (κ2) is 39.6. The highest BCUT2D eigenvalue weighted by Crippen LogP contribution is 1.30. The molecule has 3 heteroatoms. The molecule has 0 fully saturated rings. The highest BCUT2D eigenvalue weighted by molar-refractivity contribution is 3.84. The molecule has 0 aromatic rings. The summed E-state index contributed by atoms with van der Waals surface area (Å²) in [4.78, 5) is 0. The molecule has 0 aliphatic carbocycles. The van der Waals surface area contributed by atoms with Crippen molar-refractivity contribution in [3.05, 3.63) is 0 Å². The lowest BCUT2D eigenvalue weighted by atomic mass is 10.9. The van der Waals surface area contributed by atoms with Crippen molar-refractivity contribution in [1.29, 1.82) is 0 Å². The second-order valence-electron chi connectivity index (χ2n) is 0.632. The van der Waals surface area contributed by atoms with Gasteiger partial charge in [-0.05, 0) is 13.8 Å². The zero-order valence-electron chi connectivity index (χ0n) is 5.02. The van der Waals surface area contributed by atoms with Crippen LogP contribution in [0.1, 0.15) is 13.8 Å². The van der Waals surface area contributed by atoms with Crippen LogP contribution < -0.4 is 6.15 Å². The minimum Gasteiger partial charge on any atom is -0.397 e. The molecule has 0 radical (unpaired) electrons. The molecule has 0 saturated heterocycles. The zero-order valence-corrected chi connectivity index (χ0v) is 5.02. The van der Waals surface area contributed by atoms with E-state index >= 15 is 0 Å². The zero-order chi connectivity index (χ0) is 5.41. The predicted octanol–water partition coefficient (Wildman–Crippen LogP) is 0.159. The first-order chi connectivity index (χ1) is 2.83. The van der Waals surface area contributed by atoms with E-state index in [0.29, 0.717) is 0 Å². The summed E-state index contributed by atoms with van der Waals surface area (Å²) in [6, 6.07) is 0. The molecule has 0 atom stereocenters. The molecule has 0 aromatic heterocycles. The first kappa shape index (κ1) is 15.8. The van der Waals surface area contributed by atoms with Crippen LogP contribution >= 0.6 is 0 Å². The highest BCUT2D eigenvalue weighted by Gasteiger charge is 1.34. The van der Waals surface area contributed by atoms with E-state index in [1.165, 1.54) is 0 Å². The van der Waals surface area contributed by atoms with E-state index in [9.17, 15) is 0 Å². The summed E-state index contributed by atoms with van der Waals surface area (Å²) in [5, 5.41) is 15.1. The van der Waals surface area contributed by atoms with E-state index in [-0.39, 0.29) is 19.4 Å². The van der Waals surface area contributed by atoms with Gasteiger partial charge < -0.3 is 16.4 Å². The average molecular weight is 109 g/mol. The van der Waals surface area contributed by atoms with E-state index in [4.69, 9.17) is 10.2 Å². The second-order valence-corrected chi connectivity index (χ2v) is 0.632. The predicted molar refractivity (Wildman–Crippen MR) is 30.5 cm³/mol. The molecule has 0 aliphatic heterocycles. The molecule has 0 heterocycles. The van der Waals surface area contributed by atoms with Gasteiger partial charge in [0.25, 0.3) is 0 Å². The first-order valence-electron chi connectivity index (χ1n) is 2.05. The van der Waals surface area contributed by atoms with Gasteiger partial charge in [-0.2, -0.15) is 0 Å². The van der Waals surface area contributed by atoms with E-state index < -0.39 is 0 Å². The third-order valence-corrected chi connectivity index (χ3v) is 0. The number of aliphatic hydroxyl groups excluding tert-OH is 2. The monoisotopic (exact) mass is 109 g/mol. The van der Waals surface area contributed by atoms with Crippen molar-refractivity contribution in [3.63, 3.8) is 0 Å². The smallest absolute Gasteiger partial charge is 0.0402 e. The third kappa shape index (κ3) is 6150. The average Bonchev–Trinajstić information content (AvgIpc) is 1.39. The summed E-state index contributed by atoms with van der Waals surface area (Å²) in [7, 11) is 0. The Labute approximate surface area is 44.6 Å². The Morgan fingerprint density at radius 1 is 1.00 bits per heavy atom. The number of hydrogen-bond acceptors (Lipinski definition) is 3. The quantitative estimate of drug-likeness (QED) is 0.414. The number of rotatable bonds is 0. The SMILES string of the molecule is CCO.CCO.N. The summed E-state index contributed by atoms with van der Waals surface area (Å²) in [6.07, 6.45) is 0. The molecular formula is C4H15NO2. The Morgan fingerprint density at radius 3 is 1.00 bits per heavy atom. The lowest BCUT2D eigenvalue weighted by Gasteiger charge is -1.52. The Kier molecular flexibility index (Phi) is 89.4. The van der Waals surface area contributed by atoms with Crippen molar-refractivity contribution in [2.75, 3.05) is 13.2 Å². The van der Waals surface area contributed by atoms with Crippen LogP contribution in [0.2, 0.25) is 0 Å². The van der Waals surface area contributed by atoms with Crippen molar-refractivity contribution >= 4 is 0 Å². The topological polar surface area (TPSA) is 75.5 Å². The summed E-state index contributed by atoms with van der Waals surface area (Å²) < 4.78 is 0. The Hall–Kier alpha value is -0.120. The maximum absolute atomic E-state index is 7.57. The van der Waals surface area contributed by atoms with Crippen molar-refractivity contribution in [1.82, 2.24) is 6.15 Å². The van der Waals surface area contributed by atoms with Gasteiger partial charge in [-0.15, -0.1) is 0 Å². The maximum atomic E-state index is 7.57. The van der Waals surface area contributed by atoms with Crippen LogP contribution in [-0.4, -0.2) is 23.4 Å². The third-order valence-electron chi connectivity index (χ3n) is 0. The van der Waals surface area contributed by atoms with Crippen LogP contribution in [0.3, 0.4) is 0 Å². The van der Waals surface area contributed by atoms with Crippen molar-refractivity contribution in [2.24, 2.45) is 0 Å². The summed E-state index contributed by atoms with van der Waals surface area (Å²) in [6.45, 7) is 3.86. The molecule has 0 spiro atoms. The van der Waals surface area contributed by atoms with Crippen LogP contribution in [-0.2, 0) is 0 Å². The molecule has 0 aromatic carbocycles. The molecule has 3 nitrogen and oxygen atoms in total. The fraction of sp³-hybridized carbons (Fsp3) is 1.00. The largest absolute Gasteiger partial charge is 0.397 e. The Morgan fingerprint density at radius 2 is 1.00 bits per heavy atom. The Bertz CT molecular complexity index is 11.7. The Balaban J connectivity index is -0.0000000400. The minimum absolute atomic E-state index is 0. The lowest BCUT2D eigenvalue weighted by molar-refractivity contribution is 0.318. The van der Waals surface area contributed by atoms with Gasteiger partial charge in [-0.25, -0.2) is 0 Å². The van der Waals surface area contributed by atoms with E-state index in [0.717, 1.165) is 0 Å². The van der Waals surface area contributed by atoms with E-state index in [2.05, 4.69) is 0 Å². The molecule has 0 amide bonds. The molecule has 0 unspecified atom stereocenters. The van der Waals surface area contributed by atoms with E-state index in [1.54, 1.807) is 13.8 Å². The molecule has 48 valence electrons. The standard InChI is InChI=1S/2C2H6O.H3N/c2*1-2-3;/h2*3H,2H2,1H3;1H3. The molecule has 5 N–H and O–H groups in total. The molecule has 0 rings (SSSR count). The molecule has 0 saturated carbocycles. The van der Waals surface area contributed by atoms with Crippen molar-refractivity contribution in [3.8, 4) is 0 Å². The lowest BCUT2D eigenvalue weighted by Crippen LogP contribution is -1.57. The first-order valence-corrected chi connectivity index (χ1v) is 2.05. The minimum atomic E-state index is 0. The van der Waals surface area contributed by atoms with Crippen LogP contribution in [0, 0.1) is 0 Å². The van der Waals surface area contributed by atoms with Gasteiger partial charge in [0.2, 0.25) is 0 Å². The molecular weight excluding hydrogens is 94.0 g/mol. The van der Waals surface area contributed by atoms with Crippen LogP contribution in [0.5, 0.6) is 0 Å². The molecule has 0 bridgehead atoms. The van der Waals surface area contributed by atoms with Crippen LogP contribution in [0.25, 0.3) is 0 Å². The summed E-state index contributed by atoms with van der Waals surface area (Å²) in [5.41, 5.74) is 0. The van der Waals surface area contributed by atoms with E-state index in [1.807, 2.05) is 0 Å². The maximum Gasteiger partial charge on any atom is 0.0402 e. The van der Waals surface area contributed by atoms with Gasteiger partial charge in [-0.3, -0.25) is 0 Å². The fourth-order valence-corrected chi connectivity index (χ4v) is 0. The van der Waals surface area contributed by atoms with Crippen molar-refractivity contribution < 1.29 is 10.2 Å². The highest BCUT2D eigenvalue weighted by atomic mass is 16.3. The number of aliphatic hydroxyl groups is 2. The van der Waals surface area contributed by atoms with Gasteiger partial charge >= 0.3 is 0 Å². The fourth-order valence-electron chi connectivity index (χ4n) is 0. The van der Waals surface area contributed by atoms with Gasteiger partial charge in [0, 0.05) is 13.2 Å². The van der Waals surface area contributed by atoms with Gasteiger partial charge in [-0.1, -0.05) is 0 Å². The van der Waals surface area contributed by atoms with Crippen LogP contribution in [0.4, 0.5) is 0 Å². The summed E-state index contributed by atoms with van der Waals surface area (Å²) in [5.74, 6) is 0.